The average molecular weight is 432 g/mol. The lowest BCUT2D eigenvalue weighted by atomic mass is 9.84. The molecule has 164 valence electrons. The van der Waals surface area contributed by atoms with Gasteiger partial charge in [-0.05, 0) is 68.2 Å². The first-order chi connectivity index (χ1) is 14.2. The van der Waals surface area contributed by atoms with E-state index in [0.717, 1.165) is 38.5 Å². The molecule has 0 radical (unpaired) electrons. The first kappa shape index (κ1) is 24.1. The van der Waals surface area contributed by atoms with E-state index in [0.29, 0.717) is 6.54 Å². The molecule has 0 atom stereocenters. The van der Waals surface area contributed by atoms with Crippen LogP contribution in [0.4, 0.5) is 0 Å². The maximum absolute atomic E-state index is 11.0. The zero-order valence-electron chi connectivity index (χ0n) is 18.0. The van der Waals surface area contributed by atoms with E-state index in [1.807, 2.05) is 17.4 Å². The maximum Gasteiger partial charge on any atom is 0.317 e. The van der Waals surface area contributed by atoms with Gasteiger partial charge in [0.05, 0.1) is 13.1 Å². The molecule has 0 fully saturated rings. The molecule has 0 aliphatic rings. The molecule has 0 spiro atoms. The van der Waals surface area contributed by atoms with Crippen molar-refractivity contribution < 1.29 is 19.8 Å². The highest BCUT2D eigenvalue weighted by atomic mass is 32.1. The third kappa shape index (κ3) is 9.55. The third-order valence-corrected chi connectivity index (χ3v) is 6.52. The summed E-state index contributed by atoms with van der Waals surface area (Å²) in [5.74, 6) is -1.99. The zero-order chi connectivity index (χ0) is 22.0. The minimum atomic E-state index is -0.993. The van der Waals surface area contributed by atoms with Gasteiger partial charge in [0.2, 0.25) is 0 Å². The molecule has 1 heterocycles. The minimum Gasteiger partial charge on any atom is -0.480 e. The van der Waals surface area contributed by atoms with Gasteiger partial charge in [-0.15, -0.1) is 11.3 Å². The van der Waals surface area contributed by atoms with Crippen LogP contribution in [0.15, 0.2) is 42.5 Å². The summed E-state index contributed by atoms with van der Waals surface area (Å²) in [4.78, 5) is 26.2. The highest BCUT2D eigenvalue weighted by Gasteiger charge is 2.21. The summed E-state index contributed by atoms with van der Waals surface area (Å²) >= 11 is 1.88. The smallest absolute Gasteiger partial charge is 0.317 e. The third-order valence-electron chi connectivity index (χ3n) is 5.32. The summed E-state index contributed by atoms with van der Waals surface area (Å²) in [5, 5.41) is 17.9. The highest BCUT2D eigenvalue weighted by molar-refractivity contribution is 7.11. The van der Waals surface area contributed by atoms with Crippen molar-refractivity contribution in [1.82, 2.24) is 4.90 Å². The lowest BCUT2D eigenvalue weighted by Gasteiger charge is -2.28. The number of rotatable bonds is 14. The summed E-state index contributed by atoms with van der Waals surface area (Å²) < 4.78 is 0. The standard InChI is InChI=1S/C24H33NO4S/c1-24(2,15-16-25(17-22(26)27)18-23(28)29)14-13-21-12-11-20(30-21)10-6-9-19-7-4-3-5-8-19/h3-5,7-8,11-12H,6,9-10,13-18H2,1-2H3,(H,26,27)(H,28,29). The number of hydrogen-bond acceptors (Lipinski definition) is 4. The topological polar surface area (TPSA) is 77.8 Å². The summed E-state index contributed by atoms with van der Waals surface area (Å²) in [7, 11) is 0. The summed E-state index contributed by atoms with van der Waals surface area (Å²) in [6.07, 6.45) is 6.10. The molecule has 0 unspecified atom stereocenters. The van der Waals surface area contributed by atoms with E-state index in [-0.39, 0.29) is 18.5 Å². The van der Waals surface area contributed by atoms with Crippen LogP contribution < -0.4 is 0 Å². The van der Waals surface area contributed by atoms with Gasteiger partial charge in [-0.2, -0.15) is 0 Å². The van der Waals surface area contributed by atoms with Crippen LogP contribution in [0.5, 0.6) is 0 Å². The van der Waals surface area contributed by atoms with Crippen LogP contribution in [0.1, 0.15) is 48.4 Å². The Balaban J connectivity index is 1.75. The van der Waals surface area contributed by atoms with Gasteiger partial charge >= 0.3 is 11.9 Å². The van der Waals surface area contributed by atoms with Crippen LogP contribution in [-0.2, 0) is 28.9 Å². The Morgan fingerprint density at radius 1 is 0.867 bits per heavy atom. The normalized spacial score (nSPS) is 11.7. The van der Waals surface area contributed by atoms with Gasteiger partial charge < -0.3 is 10.2 Å². The molecule has 2 rings (SSSR count). The van der Waals surface area contributed by atoms with Crippen LogP contribution in [0.25, 0.3) is 0 Å². The molecular formula is C24H33NO4S. The van der Waals surface area contributed by atoms with Crippen LogP contribution in [-0.4, -0.2) is 46.7 Å². The molecule has 1 aromatic carbocycles. The number of carboxylic acid groups (broad SMARTS) is 2. The predicted octanol–water partition coefficient (Wildman–Crippen LogP) is 4.74. The number of thiophene rings is 1. The van der Waals surface area contributed by atoms with Gasteiger partial charge in [0, 0.05) is 9.75 Å². The number of aliphatic carboxylic acids is 2. The van der Waals surface area contributed by atoms with E-state index >= 15 is 0 Å². The van der Waals surface area contributed by atoms with Crippen molar-refractivity contribution in [1.29, 1.82) is 0 Å². The van der Waals surface area contributed by atoms with Gasteiger partial charge in [-0.1, -0.05) is 44.2 Å². The van der Waals surface area contributed by atoms with Crippen molar-refractivity contribution in [2.45, 2.75) is 52.4 Å². The molecule has 0 amide bonds. The molecule has 2 aromatic rings. The first-order valence-electron chi connectivity index (χ1n) is 10.5. The number of aryl methyl sites for hydroxylation is 3. The Bertz CT molecular complexity index is 785. The van der Waals surface area contributed by atoms with Gasteiger partial charge in [0.1, 0.15) is 0 Å². The second kappa shape index (κ2) is 11.9. The van der Waals surface area contributed by atoms with Crippen LogP contribution in [0.2, 0.25) is 0 Å². The number of nitrogens with zero attached hydrogens (tertiary/aromatic N) is 1. The average Bonchev–Trinajstić information content (AvgIpc) is 3.13. The van der Waals surface area contributed by atoms with Crippen LogP contribution >= 0.6 is 11.3 Å². The first-order valence-corrected chi connectivity index (χ1v) is 11.3. The van der Waals surface area contributed by atoms with Crippen molar-refractivity contribution >= 4 is 23.3 Å². The number of carboxylic acids is 2. The van der Waals surface area contributed by atoms with Gasteiger partial charge in [0.25, 0.3) is 0 Å². The van der Waals surface area contributed by atoms with Crippen molar-refractivity contribution in [2.75, 3.05) is 19.6 Å². The fraction of sp³-hybridized carbons (Fsp3) is 0.500. The van der Waals surface area contributed by atoms with Crippen molar-refractivity contribution in [3.8, 4) is 0 Å². The second-order valence-electron chi connectivity index (χ2n) is 8.62. The van der Waals surface area contributed by atoms with Gasteiger partial charge in [0.15, 0.2) is 0 Å². The molecule has 0 saturated heterocycles. The molecule has 30 heavy (non-hydrogen) atoms. The Morgan fingerprint density at radius 2 is 1.47 bits per heavy atom. The van der Waals surface area contributed by atoms with Crippen LogP contribution in [0, 0.1) is 5.41 Å². The SMILES string of the molecule is CC(C)(CCc1ccc(CCCc2ccccc2)s1)CCN(CC(=O)O)CC(=O)O. The van der Waals surface area contributed by atoms with E-state index in [1.54, 1.807) is 0 Å². The quantitative estimate of drug-likeness (QED) is 0.452. The highest BCUT2D eigenvalue weighted by Crippen LogP contribution is 2.29. The minimum absolute atomic E-state index is 0.0206. The zero-order valence-corrected chi connectivity index (χ0v) is 18.8. The van der Waals surface area contributed by atoms with E-state index in [2.05, 4.69) is 50.2 Å². The molecule has 1 aromatic heterocycles. The fourth-order valence-electron chi connectivity index (χ4n) is 3.45. The van der Waals surface area contributed by atoms with Crippen molar-refractivity contribution in [3.63, 3.8) is 0 Å². The number of hydrogen-bond donors (Lipinski definition) is 2. The predicted molar refractivity (Wildman–Crippen MR) is 121 cm³/mol. The fourth-order valence-corrected chi connectivity index (χ4v) is 4.51. The molecule has 2 N–H and O–H groups in total. The number of benzene rings is 1. The lowest BCUT2D eigenvalue weighted by Crippen LogP contribution is -2.36. The summed E-state index contributed by atoms with van der Waals surface area (Å²) in [5.41, 5.74) is 1.41. The lowest BCUT2D eigenvalue weighted by molar-refractivity contribution is -0.141. The molecule has 0 saturated carbocycles. The summed E-state index contributed by atoms with van der Waals surface area (Å²) in [6.45, 7) is 4.34. The Kier molecular flexibility index (Phi) is 9.53. The van der Waals surface area contributed by atoms with E-state index < -0.39 is 11.9 Å². The monoisotopic (exact) mass is 431 g/mol. The molecule has 5 nitrogen and oxygen atoms in total. The molecule has 6 heteroatoms. The Hall–Kier alpha value is -2.18. The van der Waals surface area contributed by atoms with Gasteiger partial charge in [-0.25, -0.2) is 0 Å². The van der Waals surface area contributed by atoms with Gasteiger partial charge in [-0.3, -0.25) is 14.5 Å². The van der Waals surface area contributed by atoms with Crippen molar-refractivity contribution in [2.24, 2.45) is 5.41 Å². The molecule has 0 aliphatic carbocycles. The molecule has 0 aliphatic heterocycles. The van der Waals surface area contributed by atoms with E-state index in [4.69, 9.17) is 10.2 Å². The van der Waals surface area contributed by atoms with Crippen LogP contribution in [0.3, 0.4) is 0 Å². The Morgan fingerprint density at radius 3 is 2.07 bits per heavy atom. The molecule has 0 bridgehead atoms. The summed E-state index contributed by atoms with van der Waals surface area (Å²) in [6, 6.07) is 15.0. The second-order valence-corrected chi connectivity index (χ2v) is 9.87. The maximum atomic E-state index is 11.0. The van der Waals surface area contributed by atoms with E-state index in [9.17, 15) is 9.59 Å². The largest absolute Gasteiger partial charge is 0.480 e. The molecular weight excluding hydrogens is 398 g/mol. The van der Waals surface area contributed by atoms with Crippen molar-refractivity contribution in [3.05, 3.63) is 57.8 Å². The number of carbonyl (C=O) groups is 2. The van der Waals surface area contributed by atoms with E-state index in [1.165, 1.54) is 20.2 Å². The Labute approximate surface area is 183 Å².